The van der Waals surface area contributed by atoms with Gasteiger partial charge in [0.2, 0.25) is 0 Å². The standard InChI is InChI=1S/C18H19N3O4/c1-13(2)12-25-17-8-6-15(7-9-17)18(22)20-19-11-14-4-3-5-16(10-14)21(23)24/h3-11,13H,12H2,1-2H3,(H,20,22)/b19-11+. The van der Waals surface area contributed by atoms with Crippen molar-refractivity contribution in [2.24, 2.45) is 11.0 Å². The van der Waals surface area contributed by atoms with Gasteiger partial charge in [0.1, 0.15) is 5.75 Å². The van der Waals surface area contributed by atoms with E-state index in [1.54, 1.807) is 36.4 Å². The number of carbonyl (C=O) groups excluding carboxylic acids is 1. The molecule has 2 aromatic rings. The van der Waals surface area contributed by atoms with E-state index in [1.807, 2.05) is 0 Å². The van der Waals surface area contributed by atoms with Gasteiger partial charge in [-0.3, -0.25) is 14.9 Å². The van der Waals surface area contributed by atoms with Crippen molar-refractivity contribution >= 4 is 17.8 Å². The van der Waals surface area contributed by atoms with Gasteiger partial charge < -0.3 is 4.74 Å². The molecule has 2 aromatic carbocycles. The van der Waals surface area contributed by atoms with Gasteiger partial charge in [-0.1, -0.05) is 26.0 Å². The SMILES string of the molecule is CC(C)COc1ccc(C(=O)N/N=C/c2cccc([N+](=O)[O-])c2)cc1. The molecule has 0 unspecified atom stereocenters. The molecular weight excluding hydrogens is 322 g/mol. The fourth-order valence-corrected chi connectivity index (χ4v) is 1.91. The van der Waals surface area contributed by atoms with Gasteiger partial charge in [-0.05, 0) is 30.2 Å². The number of amides is 1. The van der Waals surface area contributed by atoms with E-state index in [1.165, 1.54) is 18.3 Å². The van der Waals surface area contributed by atoms with Crippen LogP contribution in [-0.2, 0) is 0 Å². The Morgan fingerprint density at radius 1 is 1.28 bits per heavy atom. The van der Waals surface area contributed by atoms with Gasteiger partial charge in [0.25, 0.3) is 11.6 Å². The molecule has 0 saturated carbocycles. The number of benzene rings is 2. The Morgan fingerprint density at radius 2 is 2.00 bits per heavy atom. The third-order valence-electron chi connectivity index (χ3n) is 3.16. The third-order valence-corrected chi connectivity index (χ3v) is 3.16. The van der Waals surface area contributed by atoms with Crippen molar-refractivity contribution in [1.82, 2.24) is 5.43 Å². The highest BCUT2D eigenvalue weighted by Gasteiger charge is 2.06. The van der Waals surface area contributed by atoms with E-state index in [2.05, 4.69) is 24.4 Å². The van der Waals surface area contributed by atoms with Crippen LogP contribution in [0.4, 0.5) is 5.69 Å². The molecule has 0 bridgehead atoms. The summed E-state index contributed by atoms with van der Waals surface area (Å²) in [5.41, 5.74) is 3.31. The van der Waals surface area contributed by atoms with Crippen molar-refractivity contribution in [3.05, 3.63) is 69.8 Å². The maximum absolute atomic E-state index is 12.0. The Hall–Kier alpha value is -3.22. The molecule has 2 rings (SSSR count). The predicted octanol–water partition coefficient (Wildman–Crippen LogP) is 3.39. The molecule has 0 aliphatic carbocycles. The predicted molar refractivity (Wildman–Crippen MR) is 94.9 cm³/mol. The average molecular weight is 341 g/mol. The minimum atomic E-state index is -0.487. The van der Waals surface area contributed by atoms with Crippen LogP contribution < -0.4 is 10.2 Å². The van der Waals surface area contributed by atoms with E-state index in [9.17, 15) is 14.9 Å². The first-order valence-electron chi connectivity index (χ1n) is 7.76. The topological polar surface area (TPSA) is 93.8 Å². The summed E-state index contributed by atoms with van der Waals surface area (Å²) in [6, 6.07) is 12.7. The first-order valence-corrected chi connectivity index (χ1v) is 7.76. The lowest BCUT2D eigenvalue weighted by Crippen LogP contribution is -2.17. The molecule has 0 heterocycles. The van der Waals surface area contributed by atoms with Gasteiger partial charge in [-0.2, -0.15) is 5.10 Å². The largest absolute Gasteiger partial charge is 0.493 e. The molecule has 1 amide bonds. The number of carbonyl (C=O) groups is 1. The molecular formula is C18H19N3O4. The van der Waals surface area contributed by atoms with Crippen LogP contribution in [0.3, 0.4) is 0 Å². The summed E-state index contributed by atoms with van der Waals surface area (Å²) in [7, 11) is 0. The Labute approximate surface area is 145 Å². The lowest BCUT2D eigenvalue weighted by molar-refractivity contribution is -0.384. The molecule has 25 heavy (non-hydrogen) atoms. The lowest BCUT2D eigenvalue weighted by Gasteiger charge is -2.08. The monoisotopic (exact) mass is 341 g/mol. The second kappa shape index (κ2) is 8.58. The number of nitrogens with one attached hydrogen (secondary N) is 1. The molecule has 0 aromatic heterocycles. The minimum Gasteiger partial charge on any atom is -0.493 e. The molecule has 7 heteroatoms. The number of hydrazone groups is 1. The number of non-ortho nitro benzene ring substituents is 1. The van der Waals surface area contributed by atoms with Crippen molar-refractivity contribution in [1.29, 1.82) is 0 Å². The number of hydrogen-bond donors (Lipinski definition) is 1. The van der Waals surface area contributed by atoms with Crippen LogP contribution in [-0.4, -0.2) is 23.7 Å². The average Bonchev–Trinajstić information content (AvgIpc) is 2.60. The summed E-state index contributed by atoms with van der Waals surface area (Å²) in [4.78, 5) is 22.2. The lowest BCUT2D eigenvalue weighted by atomic mass is 10.2. The highest BCUT2D eigenvalue weighted by Crippen LogP contribution is 2.13. The maximum atomic E-state index is 12.0. The molecule has 0 radical (unpaired) electrons. The summed E-state index contributed by atoms with van der Waals surface area (Å²) in [6.45, 7) is 4.72. The highest BCUT2D eigenvalue weighted by molar-refractivity contribution is 5.95. The van der Waals surface area contributed by atoms with Crippen molar-refractivity contribution in [2.45, 2.75) is 13.8 Å². The zero-order chi connectivity index (χ0) is 18.2. The Morgan fingerprint density at radius 3 is 2.64 bits per heavy atom. The molecule has 130 valence electrons. The van der Waals surface area contributed by atoms with Crippen molar-refractivity contribution in [3.63, 3.8) is 0 Å². The van der Waals surface area contributed by atoms with E-state index in [-0.39, 0.29) is 11.6 Å². The summed E-state index contributed by atoms with van der Waals surface area (Å²) in [5, 5.41) is 14.5. The van der Waals surface area contributed by atoms with Crippen LogP contribution in [0.25, 0.3) is 0 Å². The number of ether oxygens (including phenoxy) is 1. The van der Waals surface area contributed by atoms with E-state index in [0.29, 0.717) is 29.4 Å². The van der Waals surface area contributed by atoms with E-state index in [4.69, 9.17) is 4.74 Å². The third kappa shape index (κ3) is 5.72. The van der Waals surface area contributed by atoms with Crippen LogP contribution in [0.5, 0.6) is 5.75 Å². The second-order valence-electron chi connectivity index (χ2n) is 5.78. The zero-order valence-corrected chi connectivity index (χ0v) is 14.0. The minimum absolute atomic E-state index is 0.0349. The van der Waals surface area contributed by atoms with Gasteiger partial charge in [0, 0.05) is 23.3 Å². The van der Waals surface area contributed by atoms with E-state index >= 15 is 0 Å². The molecule has 0 aliphatic heterocycles. The molecule has 0 spiro atoms. The molecule has 0 fully saturated rings. The summed E-state index contributed by atoms with van der Waals surface area (Å²) >= 11 is 0. The van der Waals surface area contributed by atoms with Gasteiger partial charge >= 0.3 is 0 Å². The number of nitrogens with zero attached hydrogens (tertiary/aromatic N) is 2. The van der Waals surface area contributed by atoms with Crippen molar-refractivity contribution in [3.8, 4) is 5.75 Å². The first kappa shape index (κ1) is 18.1. The fraction of sp³-hybridized carbons (Fsp3) is 0.222. The molecule has 0 aliphatic rings. The number of rotatable bonds is 7. The van der Waals surface area contributed by atoms with Crippen LogP contribution in [0.15, 0.2) is 53.6 Å². The van der Waals surface area contributed by atoms with Crippen LogP contribution in [0.1, 0.15) is 29.8 Å². The first-order chi connectivity index (χ1) is 12.0. The normalized spacial score (nSPS) is 10.8. The van der Waals surface area contributed by atoms with Crippen molar-refractivity contribution in [2.75, 3.05) is 6.61 Å². The van der Waals surface area contributed by atoms with Gasteiger partial charge in [0.15, 0.2) is 0 Å². The molecule has 7 nitrogen and oxygen atoms in total. The Balaban J connectivity index is 1.93. The smallest absolute Gasteiger partial charge is 0.271 e. The molecule has 1 N–H and O–H groups in total. The molecule has 0 atom stereocenters. The van der Waals surface area contributed by atoms with Gasteiger partial charge in [-0.25, -0.2) is 5.43 Å². The zero-order valence-electron chi connectivity index (χ0n) is 14.0. The number of nitro benzene ring substituents is 1. The highest BCUT2D eigenvalue weighted by atomic mass is 16.6. The summed E-state index contributed by atoms with van der Waals surface area (Å²) < 4.78 is 5.56. The summed E-state index contributed by atoms with van der Waals surface area (Å²) in [5.74, 6) is 0.744. The van der Waals surface area contributed by atoms with Crippen LogP contribution in [0, 0.1) is 16.0 Å². The van der Waals surface area contributed by atoms with E-state index < -0.39 is 4.92 Å². The number of hydrogen-bond acceptors (Lipinski definition) is 5. The quantitative estimate of drug-likeness (QED) is 0.474. The second-order valence-corrected chi connectivity index (χ2v) is 5.78. The van der Waals surface area contributed by atoms with Crippen LogP contribution >= 0.6 is 0 Å². The van der Waals surface area contributed by atoms with Crippen LogP contribution in [0.2, 0.25) is 0 Å². The van der Waals surface area contributed by atoms with Gasteiger partial charge in [-0.15, -0.1) is 0 Å². The number of nitro groups is 1. The van der Waals surface area contributed by atoms with Crippen molar-refractivity contribution < 1.29 is 14.5 Å². The van der Waals surface area contributed by atoms with Gasteiger partial charge in [0.05, 0.1) is 17.7 Å². The fourth-order valence-electron chi connectivity index (χ4n) is 1.91. The Kier molecular flexibility index (Phi) is 6.22. The summed E-state index contributed by atoms with van der Waals surface area (Å²) in [6.07, 6.45) is 1.35. The Bertz CT molecular complexity index is 770. The molecule has 0 saturated heterocycles. The maximum Gasteiger partial charge on any atom is 0.271 e. The van der Waals surface area contributed by atoms with E-state index in [0.717, 1.165) is 0 Å².